The maximum absolute atomic E-state index is 13.7. The van der Waals surface area contributed by atoms with Gasteiger partial charge in [0, 0.05) is 25.6 Å². The number of likely N-dealkylation sites (tertiary alicyclic amines) is 1. The van der Waals surface area contributed by atoms with E-state index in [-0.39, 0.29) is 29.8 Å². The molecule has 0 unspecified atom stereocenters. The zero-order valence-corrected chi connectivity index (χ0v) is 16.7. The first-order valence-electron chi connectivity index (χ1n) is 10.6. The molecule has 6 nitrogen and oxygen atoms in total. The SMILES string of the molecule is C=CC(=O)N1CCC(C(=O)N[C@@H]2CCC(=O)N[C@H]2C2CC2)(c2ccccc2)CC1. The van der Waals surface area contributed by atoms with E-state index in [0.717, 1.165) is 18.4 Å². The van der Waals surface area contributed by atoms with E-state index in [2.05, 4.69) is 17.2 Å². The van der Waals surface area contributed by atoms with Crippen LogP contribution in [0.1, 0.15) is 44.1 Å². The van der Waals surface area contributed by atoms with Crippen molar-refractivity contribution in [2.45, 2.75) is 56.0 Å². The summed E-state index contributed by atoms with van der Waals surface area (Å²) < 4.78 is 0. The Kier molecular flexibility index (Phi) is 5.43. The molecule has 4 rings (SSSR count). The number of amides is 3. The maximum atomic E-state index is 13.7. The molecule has 3 amide bonds. The van der Waals surface area contributed by atoms with Crippen molar-refractivity contribution in [1.82, 2.24) is 15.5 Å². The number of carbonyl (C=O) groups is 3. The second-order valence-electron chi connectivity index (χ2n) is 8.53. The predicted molar refractivity (Wildman–Crippen MR) is 110 cm³/mol. The monoisotopic (exact) mass is 395 g/mol. The highest BCUT2D eigenvalue weighted by molar-refractivity contribution is 5.90. The van der Waals surface area contributed by atoms with Crippen LogP contribution in [0.4, 0.5) is 0 Å². The summed E-state index contributed by atoms with van der Waals surface area (Å²) in [5, 5.41) is 6.40. The number of benzene rings is 1. The van der Waals surface area contributed by atoms with Crippen molar-refractivity contribution in [3.63, 3.8) is 0 Å². The third-order valence-electron chi connectivity index (χ3n) is 6.75. The molecule has 1 aliphatic carbocycles. The molecule has 3 fully saturated rings. The summed E-state index contributed by atoms with van der Waals surface area (Å²) in [6.45, 7) is 4.63. The van der Waals surface area contributed by atoms with Gasteiger partial charge in [-0.25, -0.2) is 0 Å². The Labute approximate surface area is 171 Å². The fraction of sp³-hybridized carbons (Fsp3) is 0.522. The fourth-order valence-corrected chi connectivity index (χ4v) is 4.84. The fourth-order valence-electron chi connectivity index (χ4n) is 4.84. The molecule has 1 saturated carbocycles. The van der Waals surface area contributed by atoms with Gasteiger partial charge in [-0.05, 0) is 49.7 Å². The van der Waals surface area contributed by atoms with Crippen LogP contribution in [0.3, 0.4) is 0 Å². The van der Waals surface area contributed by atoms with Crippen LogP contribution in [-0.2, 0) is 19.8 Å². The molecule has 6 heteroatoms. The zero-order chi connectivity index (χ0) is 20.4. The van der Waals surface area contributed by atoms with Crippen LogP contribution in [0.25, 0.3) is 0 Å². The number of piperidine rings is 2. The van der Waals surface area contributed by atoms with Crippen molar-refractivity contribution >= 4 is 17.7 Å². The minimum atomic E-state index is -0.658. The molecule has 1 aromatic rings. The van der Waals surface area contributed by atoms with Crippen molar-refractivity contribution < 1.29 is 14.4 Å². The van der Waals surface area contributed by atoms with Gasteiger partial charge < -0.3 is 15.5 Å². The van der Waals surface area contributed by atoms with E-state index < -0.39 is 5.41 Å². The van der Waals surface area contributed by atoms with Gasteiger partial charge >= 0.3 is 0 Å². The van der Waals surface area contributed by atoms with Crippen molar-refractivity contribution in [2.75, 3.05) is 13.1 Å². The third-order valence-corrected chi connectivity index (χ3v) is 6.75. The van der Waals surface area contributed by atoms with Crippen molar-refractivity contribution in [2.24, 2.45) is 5.92 Å². The Hall–Kier alpha value is -2.63. The first kappa shape index (κ1) is 19.7. The Bertz CT molecular complexity index is 795. The van der Waals surface area contributed by atoms with Crippen LogP contribution in [0, 0.1) is 5.92 Å². The lowest BCUT2D eigenvalue weighted by Gasteiger charge is -2.43. The van der Waals surface area contributed by atoms with E-state index in [1.165, 1.54) is 6.08 Å². The summed E-state index contributed by atoms with van der Waals surface area (Å²) in [6.07, 6.45) is 5.85. The number of hydrogen-bond donors (Lipinski definition) is 2. The van der Waals surface area contributed by atoms with Gasteiger partial charge in [0.15, 0.2) is 0 Å². The highest BCUT2D eigenvalue weighted by atomic mass is 16.2. The van der Waals surface area contributed by atoms with Crippen LogP contribution >= 0.6 is 0 Å². The summed E-state index contributed by atoms with van der Waals surface area (Å²) in [7, 11) is 0. The van der Waals surface area contributed by atoms with Crippen LogP contribution in [0.5, 0.6) is 0 Å². The minimum absolute atomic E-state index is 0.0150. The summed E-state index contributed by atoms with van der Waals surface area (Å²) in [5.41, 5.74) is 0.334. The van der Waals surface area contributed by atoms with Gasteiger partial charge in [0.05, 0.1) is 11.5 Å². The maximum Gasteiger partial charge on any atom is 0.245 e. The number of nitrogens with zero attached hydrogens (tertiary/aromatic N) is 1. The van der Waals surface area contributed by atoms with Crippen molar-refractivity contribution in [3.05, 3.63) is 48.6 Å². The minimum Gasteiger partial charge on any atom is -0.351 e. The Morgan fingerprint density at radius 1 is 1.14 bits per heavy atom. The number of hydrogen-bond acceptors (Lipinski definition) is 3. The molecule has 154 valence electrons. The topological polar surface area (TPSA) is 78.5 Å². The van der Waals surface area contributed by atoms with E-state index in [4.69, 9.17) is 0 Å². The lowest BCUT2D eigenvalue weighted by Crippen LogP contribution is -2.60. The van der Waals surface area contributed by atoms with Gasteiger partial charge in [-0.3, -0.25) is 14.4 Å². The summed E-state index contributed by atoms with van der Waals surface area (Å²) in [4.78, 5) is 39.3. The quantitative estimate of drug-likeness (QED) is 0.748. The average Bonchev–Trinajstić information content (AvgIpc) is 3.60. The van der Waals surface area contributed by atoms with Crippen LogP contribution in [-0.4, -0.2) is 47.8 Å². The van der Waals surface area contributed by atoms with Gasteiger partial charge in [-0.15, -0.1) is 0 Å². The molecule has 29 heavy (non-hydrogen) atoms. The number of rotatable bonds is 5. The average molecular weight is 396 g/mol. The number of nitrogens with one attached hydrogen (secondary N) is 2. The van der Waals surface area contributed by atoms with E-state index >= 15 is 0 Å². The van der Waals surface area contributed by atoms with E-state index in [9.17, 15) is 14.4 Å². The second-order valence-corrected chi connectivity index (χ2v) is 8.53. The lowest BCUT2D eigenvalue weighted by atomic mass is 9.71. The number of carbonyl (C=O) groups excluding carboxylic acids is 3. The highest BCUT2D eigenvalue weighted by Gasteiger charge is 2.46. The lowest BCUT2D eigenvalue weighted by molar-refractivity contribution is -0.135. The molecule has 0 bridgehead atoms. The molecule has 0 radical (unpaired) electrons. The summed E-state index contributed by atoms with van der Waals surface area (Å²) >= 11 is 0. The molecule has 2 atom stereocenters. The van der Waals surface area contributed by atoms with E-state index in [1.807, 2.05) is 30.3 Å². The molecule has 2 aliphatic heterocycles. The summed E-state index contributed by atoms with van der Waals surface area (Å²) in [5.74, 6) is 0.489. The Balaban J connectivity index is 1.55. The smallest absolute Gasteiger partial charge is 0.245 e. The molecule has 2 heterocycles. The summed E-state index contributed by atoms with van der Waals surface area (Å²) in [6, 6.07) is 9.89. The molecular formula is C23H29N3O3. The largest absolute Gasteiger partial charge is 0.351 e. The van der Waals surface area contributed by atoms with Crippen molar-refractivity contribution in [1.29, 1.82) is 0 Å². The molecule has 3 aliphatic rings. The molecule has 2 saturated heterocycles. The van der Waals surface area contributed by atoms with Gasteiger partial charge in [-0.1, -0.05) is 36.9 Å². The normalized spacial score (nSPS) is 26.3. The van der Waals surface area contributed by atoms with Crippen molar-refractivity contribution in [3.8, 4) is 0 Å². The molecule has 1 aromatic carbocycles. The second kappa shape index (κ2) is 8.01. The van der Waals surface area contributed by atoms with Crippen LogP contribution in [0.2, 0.25) is 0 Å². The van der Waals surface area contributed by atoms with E-state index in [1.54, 1.807) is 4.90 Å². The first-order chi connectivity index (χ1) is 14.0. The standard InChI is InChI=1S/C23H29N3O3/c1-2-20(28)26-14-12-23(13-15-26,17-6-4-3-5-7-17)22(29)24-18-10-11-19(27)25-21(18)16-8-9-16/h2-7,16,18,21H,1,8-15H2,(H,24,29)(H,25,27)/t18-,21+/m1/s1. The van der Waals surface area contributed by atoms with Crippen LogP contribution in [0.15, 0.2) is 43.0 Å². The molecule has 2 N–H and O–H groups in total. The zero-order valence-electron chi connectivity index (χ0n) is 16.7. The molecular weight excluding hydrogens is 366 g/mol. The van der Waals surface area contributed by atoms with Gasteiger partial charge in [-0.2, -0.15) is 0 Å². The van der Waals surface area contributed by atoms with Gasteiger partial charge in [0.2, 0.25) is 17.7 Å². The van der Waals surface area contributed by atoms with E-state index in [0.29, 0.717) is 44.7 Å². The molecule has 0 spiro atoms. The Morgan fingerprint density at radius 3 is 2.45 bits per heavy atom. The molecule has 0 aromatic heterocycles. The predicted octanol–water partition coefficient (Wildman–Crippen LogP) is 1.91. The Morgan fingerprint density at radius 2 is 1.83 bits per heavy atom. The third kappa shape index (κ3) is 3.93. The van der Waals surface area contributed by atoms with Gasteiger partial charge in [0.25, 0.3) is 0 Å². The first-order valence-corrected chi connectivity index (χ1v) is 10.6. The van der Waals surface area contributed by atoms with Crippen LogP contribution < -0.4 is 10.6 Å². The van der Waals surface area contributed by atoms with Gasteiger partial charge in [0.1, 0.15) is 0 Å². The highest BCUT2D eigenvalue weighted by Crippen LogP contribution is 2.39.